The predicted octanol–water partition coefficient (Wildman–Crippen LogP) is 4.60. The van der Waals surface area contributed by atoms with Gasteiger partial charge in [-0.3, -0.25) is 9.69 Å². The lowest BCUT2D eigenvalue weighted by Gasteiger charge is -2.35. The summed E-state index contributed by atoms with van der Waals surface area (Å²) in [6.45, 7) is 5.02. The van der Waals surface area contributed by atoms with Crippen molar-refractivity contribution in [3.05, 3.63) is 48.5 Å². The van der Waals surface area contributed by atoms with Crippen LogP contribution in [-0.4, -0.2) is 50.8 Å². The molecular formula is C25H34N2O4. The monoisotopic (exact) mass is 426 g/mol. The molecule has 1 N–H and O–H groups in total. The Hall–Kier alpha value is -2.73. The molecule has 1 saturated heterocycles. The van der Waals surface area contributed by atoms with Gasteiger partial charge in [-0.2, -0.15) is 0 Å². The topological polar surface area (TPSA) is 60.0 Å². The van der Waals surface area contributed by atoms with Crippen LogP contribution in [0.3, 0.4) is 0 Å². The number of likely N-dealkylation sites (tertiary alicyclic amines) is 1. The summed E-state index contributed by atoms with van der Waals surface area (Å²) in [6, 6.07) is 15.7. The van der Waals surface area contributed by atoms with E-state index in [2.05, 4.69) is 17.1 Å². The van der Waals surface area contributed by atoms with Crippen LogP contribution in [0.1, 0.15) is 32.6 Å². The molecule has 3 rings (SSSR count). The van der Waals surface area contributed by atoms with Crippen molar-refractivity contribution in [3.8, 4) is 17.2 Å². The summed E-state index contributed by atoms with van der Waals surface area (Å²) in [6.07, 6.45) is 3.67. The Labute approximate surface area is 185 Å². The van der Waals surface area contributed by atoms with Crippen LogP contribution in [0.4, 0.5) is 5.69 Å². The van der Waals surface area contributed by atoms with Gasteiger partial charge in [0.25, 0.3) is 0 Å². The number of hydrogen-bond acceptors (Lipinski definition) is 5. The summed E-state index contributed by atoms with van der Waals surface area (Å²) in [7, 11) is 3.19. The molecule has 0 saturated carbocycles. The van der Waals surface area contributed by atoms with Crippen molar-refractivity contribution < 1.29 is 19.0 Å². The van der Waals surface area contributed by atoms with Crippen LogP contribution in [0.25, 0.3) is 0 Å². The Morgan fingerprint density at radius 2 is 1.81 bits per heavy atom. The summed E-state index contributed by atoms with van der Waals surface area (Å²) in [5.41, 5.74) is 0.676. The SMILES string of the molecule is COc1ccc(NC(=O)CCC2CCN([C@@H](C)COc3ccccc3)CC2)c(OC)c1. The minimum Gasteiger partial charge on any atom is -0.497 e. The Bertz CT molecular complexity index is 820. The Morgan fingerprint density at radius 3 is 2.48 bits per heavy atom. The lowest BCUT2D eigenvalue weighted by atomic mass is 9.91. The minimum absolute atomic E-state index is 0.0236. The number of carbonyl (C=O) groups is 1. The highest BCUT2D eigenvalue weighted by atomic mass is 16.5. The second-order valence-electron chi connectivity index (χ2n) is 8.11. The summed E-state index contributed by atoms with van der Waals surface area (Å²) < 4.78 is 16.5. The zero-order valence-corrected chi connectivity index (χ0v) is 18.8. The van der Waals surface area contributed by atoms with Crippen molar-refractivity contribution in [2.45, 2.75) is 38.6 Å². The van der Waals surface area contributed by atoms with Gasteiger partial charge in [0.1, 0.15) is 23.9 Å². The van der Waals surface area contributed by atoms with E-state index in [1.54, 1.807) is 20.3 Å². The number of benzene rings is 2. The van der Waals surface area contributed by atoms with Gasteiger partial charge in [0.2, 0.25) is 5.91 Å². The first-order valence-corrected chi connectivity index (χ1v) is 11.0. The van der Waals surface area contributed by atoms with Crippen LogP contribution < -0.4 is 19.5 Å². The van der Waals surface area contributed by atoms with Crippen molar-refractivity contribution in [2.24, 2.45) is 5.92 Å². The van der Waals surface area contributed by atoms with Gasteiger partial charge in [0.05, 0.1) is 19.9 Å². The molecule has 2 aromatic carbocycles. The lowest BCUT2D eigenvalue weighted by molar-refractivity contribution is -0.116. The van der Waals surface area contributed by atoms with Crippen molar-refractivity contribution in [2.75, 3.05) is 39.2 Å². The third-order valence-corrected chi connectivity index (χ3v) is 5.97. The van der Waals surface area contributed by atoms with Gasteiger partial charge < -0.3 is 19.5 Å². The third kappa shape index (κ3) is 6.89. The average Bonchev–Trinajstić information content (AvgIpc) is 2.82. The third-order valence-electron chi connectivity index (χ3n) is 5.97. The number of piperidine rings is 1. The molecule has 1 fully saturated rings. The van der Waals surface area contributed by atoms with Crippen molar-refractivity contribution >= 4 is 11.6 Å². The van der Waals surface area contributed by atoms with Crippen LogP contribution >= 0.6 is 0 Å². The van der Waals surface area contributed by atoms with E-state index < -0.39 is 0 Å². The largest absolute Gasteiger partial charge is 0.497 e. The molecule has 6 nitrogen and oxygen atoms in total. The summed E-state index contributed by atoms with van der Waals surface area (Å²) in [5.74, 6) is 2.83. The molecule has 168 valence electrons. The highest BCUT2D eigenvalue weighted by Crippen LogP contribution is 2.30. The maximum Gasteiger partial charge on any atom is 0.224 e. The van der Waals surface area contributed by atoms with Crippen molar-refractivity contribution in [1.29, 1.82) is 0 Å². The van der Waals surface area contributed by atoms with E-state index in [9.17, 15) is 4.79 Å². The molecule has 1 aliphatic heterocycles. The van der Waals surface area contributed by atoms with Crippen LogP contribution in [0, 0.1) is 5.92 Å². The van der Waals surface area contributed by atoms with Gasteiger partial charge in [-0.1, -0.05) is 18.2 Å². The zero-order chi connectivity index (χ0) is 22.1. The molecule has 0 spiro atoms. The highest BCUT2D eigenvalue weighted by molar-refractivity contribution is 5.92. The quantitative estimate of drug-likeness (QED) is 0.602. The average molecular weight is 427 g/mol. The molecular weight excluding hydrogens is 392 g/mol. The molecule has 0 bridgehead atoms. The standard InChI is InChI=1S/C25H34N2O4/c1-19(18-31-21-7-5-4-6-8-21)27-15-13-20(14-16-27)9-12-25(28)26-23-11-10-22(29-2)17-24(23)30-3/h4-8,10-11,17,19-20H,9,12-16,18H2,1-3H3,(H,26,28)/t19-/m0/s1. The van der Waals surface area contributed by atoms with Gasteiger partial charge in [0, 0.05) is 18.5 Å². The second-order valence-corrected chi connectivity index (χ2v) is 8.11. The maximum absolute atomic E-state index is 12.4. The van der Waals surface area contributed by atoms with Gasteiger partial charge in [-0.15, -0.1) is 0 Å². The number of amides is 1. The lowest BCUT2D eigenvalue weighted by Crippen LogP contribution is -2.42. The Balaban J connectivity index is 1.37. The van der Waals surface area contributed by atoms with E-state index in [0.717, 1.165) is 38.1 Å². The number of nitrogens with one attached hydrogen (secondary N) is 1. The molecule has 1 aliphatic rings. The summed E-state index contributed by atoms with van der Waals surface area (Å²) >= 11 is 0. The van der Waals surface area contributed by atoms with Crippen LogP contribution in [0.15, 0.2) is 48.5 Å². The van der Waals surface area contributed by atoms with Gasteiger partial charge in [-0.25, -0.2) is 0 Å². The number of carbonyl (C=O) groups excluding carboxylic acids is 1. The first-order valence-electron chi connectivity index (χ1n) is 11.0. The van der Waals surface area contributed by atoms with E-state index in [-0.39, 0.29) is 5.91 Å². The molecule has 0 aromatic heterocycles. The number of nitrogens with zero attached hydrogens (tertiary/aromatic N) is 1. The normalized spacial score (nSPS) is 15.8. The maximum atomic E-state index is 12.4. The van der Waals surface area contributed by atoms with Crippen molar-refractivity contribution in [1.82, 2.24) is 4.90 Å². The molecule has 1 amide bonds. The number of hydrogen-bond donors (Lipinski definition) is 1. The van der Waals surface area contributed by atoms with E-state index in [0.29, 0.717) is 42.2 Å². The number of anilines is 1. The molecule has 1 atom stereocenters. The molecule has 31 heavy (non-hydrogen) atoms. The number of methoxy groups -OCH3 is 2. The fourth-order valence-electron chi connectivity index (χ4n) is 3.97. The van der Waals surface area contributed by atoms with E-state index >= 15 is 0 Å². The Kier molecular flexibility index (Phi) is 8.59. The molecule has 0 radical (unpaired) electrons. The van der Waals surface area contributed by atoms with Crippen molar-refractivity contribution in [3.63, 3.8) is 0 Å². The van der Waals surface area contributed by atoms with E-state index in [1.807, 2.05) is 42.5 Å². The van der Waals surface area contributed by atoms with Crippen LogP contribution in [-0.2, 0) is 4.79 Å². The number of ether oxygens (including phenoxy) is 3. The molecule has 0 aliphatic carbocycles. The number of para-hydroxylation sites is 1. The van der Waals surface area contributed by atoms with Crippen LogP contribution in [0.5, 0.6) is 17.2 Å². The van der Waals surface area contributed by atoms with Gasteiger partial charge in [0.15, 0.2) is 0 Å². The van der Waals surface area contributed by atoms with Gasteiger partial charge >= 0.3 is 0 Å². The zero-order valence-electron chi connectivity index (χ0n) is 18.8. The summed E-state index contributed by atoms with van der Waals surface area (Å²) in [5, 5.41) is 2.97. The minimum atomic E-state index is 0.0236. The first kappa shape index (κ1) is 22.9. The van der Waals surface area contributed by atoms with Gasteiger partial charge in [-0.05, 0) is 69.5 Å². The summed E-state index contributed by atoms with van der Waals surface area (Å²) in [4.78, 5) is 14.9. The first-order chi connectivity index (χ1) is 15.1. The van der Waals surface area contributed by atoms with Crippen LogP contribution in [0.2, 0.25) is 0 Å². The van der Waals surface area contributed by atoms with E-state index in [4.69, 9.17) is 14.2 Å². The smallest absolute Gasteiger partial charge is 0.224 e. The highest BCUT2D eigenvalue weighted by Gasteiger charge is 2.23. The van der Waals surface area contributed by atoms with E-state index in [1.165, 1.54) is 0 Å². The molecule has 2 aromatic rings. The number of rotatable bonds is 10. The molecule has 0 unspecified atom stereocenters. The predicted molar refractivity (Wildman–Crippen MR) is 123 cm³/mol. The fourth-order valence-corrected chi connectivity index (χ4v) is 3.97. The molecule has 1 heterocycles. The Morgan fingerprint density at radius 1 is 1.06 bits per heavy atom. The fraction of sp³-hybridized carbons (Fsp3) is 0.480. The molecule has 6 heteroatoms. The second kappa shape index (κ2) is 11.6.